The van der Waals surface area contributed by atoms with Crippen molar-refractivity contribution in [3.8, 4) is 0 Å². The topological polar surface area (TPSA) is 12.0 Å². The Labute approximate surface area is 81.5 Å². The van der Waals surface area contributed by atoms with Gasteiger partial charge < -0.3 is 5.32 Å². The molecule has 12 heavy (non-hydrogen) atoms. The van der Waals surface area contributed by atoms with Crippen LogP contribution in [0.25, 0.3) is 0 Å². The highest BCUT2D eigenvalue weighted by Crippen LogP contribution is 2.23. The van der Waals surface area contributed by atoms with E-state index in [0.717, 1.165) is 10.7 Å². The van der Waals surface area contributed by atoms with E-state index in [4.69, 9.17) is 11.6 Å². The third-order valence-corrected chi connectivity index (χ3v) is 3.34. The Morgan fingerprint density at radius 3 is 2.83 bits per heavy atom. The Balaban J connectivity index is 2.02. The van der Waals surface area contributed by atoms with Crippen molar-refractivity contribution >= 4 is 29.1 Å². The number of rotatable bonds is 2. The number of nitrogens with one attached hydrogen (secondary N) is 1. The summed E-state index contributed by atoms with van der Waals surface area (Å²) in [5, 5.41) is 4.21. The summed E-state index contributed by atoms with van der Waals surface area (Å²) in [5.74, 6) is 2.43. The van der Waals surface area contributed by atoms with Crippen LogP contribution in [0.4, 0.5) is 5.69 Å². The predicted octanol–water partition coefficient (Wildman–Crippen LogP) is 2.87. The number of hydrogen-bond acceptors (Lipinski definition) is 2. The van der Waals surface area contributed by atoms with Crippen LogP contribution in [-0.2, 0) is 0 Å². The minimum atomic E-state index is 0.647. The number of hydrogen-bond donors (Lipinski definition) is 1. The summed E-state index contributed by atoms with van der Waals surface area (Å²) in [5.41, 5.74) is 1.13. The zero-order valence-corrected chi connectivity index (χ0v) is 8.16. The van der Waals surface area contributed by atoms with Crippen molar-refractivity contribution in [3.63, 3.8) is 0 Å². The molecule has 1 heterocycles. The molecule has 0 saturated carbocycles. The summed E-state index contributed by atoms with van der Waals surface area (Å²) in [6.07, 6.45) is 0. The molecule has 64 valence electrons. The average molecular weight is 200 g/mol. The van der Waals surface area contributed by atoms with Crippen LogP contribution in [0, 0.1) is 0 Å². The molecular formula is C9H10ClNS. The van der Waals surface area contributed by atoms with Crippen LogP contribution in [0.5, 0.6) is 0 Å². The summed E-state index contributed by atoms with van der Waals surface area (Å²) in [7, 11) is 0. The molecule has 3 heteroatoms. The lowest BCUT2D eigenvalue weighted by molar-refractivity contribution is 0.882. The number of thioether (sulfide) groups is 1. The van der Waals surface area contributed by atoms with E-state index in [1.807, 2.05) is 30.0 Å². The molecule has 0 spiro atoms. The molecule has 1 aromatic rings. The highest BCUT2D eigenvalue weighted by atomic mass is 35.5. The van der Waals surface area contributed by atoms with Crippen LogP contribution >= 0.6 is 23.4 Å². The monoisotopic (exact) mass is 199 g/mol. The molecule has 1 N–H and O–H groups in total. The minimum absolute atomic E-state index is 0.647. The van der Waals surface area contributed by atoms with Crippen molar-refractivity contribution in [3.05, 3.63) is 29.3 Å². The molecule has 0 amide bonds. The number of benzene rings is 1. The smallest absolute Gasteiger partial charge is 0.0442 e. The fraction of sp³-hybridized carbons (Fsp3) is 0.333. The van der Waals surface area contributed by atoms with E-state index >= 15 is 0 Å². The Bertz CT molecular complexity index is 273. The second-order valence-electron chi connectivity index (χ2n) is 2.89. The Morgan fingerprint density at radius 1 is 1.42 bits per heavy atom. The van der Waals surface area contributed by atoms with Crippen LogP contribution in [0.15, 0.2) is 24.3 Å². The summed E-state index contributed by atoms with van der Waals surface area (Å²) < 4.78 is 0. The first kappa shape index (κ1) is 8.27. The lowest BCUT2D eigenvalue weighted by Gasteiger charge is -2.26. The molecule has 1 fully saturated rings. The lowest BCUT2D eigenvalue weighted by atomic mass is 10.3. The quantitative estimate of drug-likeness (QED) is 0.786. The van der Waals surface area contributed by atoms with Gasteiger partial charge in [0.05, 0.1) is 0 Å². The maximum Gasteiger partial charge on any atom is 0.0442 e. The third-order valence-electron chi connectivity index (χ3n) is 1.83. The lowest BCUT2D eigenvalue weighted by Crippen LogP contribution is -2.33. The Morgan fingerprint density at radius 2 is 2.25 bits per heavy atom. The predicted molar refractivity (Wildman–Crippen MR) is 56.2 cm³/mol. The largest absolute Gasteiger partial charge is 0.381 e. The summed E-state index contributed by atoms with van der Waals surface area (Å²) in [4.78, 5) is 0. The van der Waals surface area contributed by atoms with Gasteiger partial charge in [-0.05, 0) is 18.2 Å². The van der Waals surface area contributed by atoms with Crippen molar-refractivity contribution in [1.29, 1.82) is 0 Å². The molecule has 0 radical (unpaired) electrons. The third kappa shape index (κ3) is 1.87. The van der Waals surface area contributed by atoms with Crippen LogP contribution in [-0.4, -0.2) is 17.5 Å². The van der Waals surface area contributed by atoms with Crippen LogP contribution in [0.3, 0.4) is 0 Å². The van der Waals surface area contributed by atoms with Gasteiger partial charge in [-0.15, -0.1) is 0 Å². The Hall–Kier alpha value is -0.340. The van der Waals surface area contributed by atoms with Crippen molar-refractivity contribution in [2.75, 3.05) is 16.8 Å². The summed E-state index contributed by atoms with van der Waals surface area (Å²) >= 11 is 7.82. The van der Waals surface area contributed by atoms with Crippen LogP contribution in [0.2, 0.25) is 5.02 Å². The maximum absolute atomic E-state index is 5.84. The standard InChI is InChI=1S/C9H10ClNS/c10-7-2-1-3-8(4-7)11-9-5-12-6-9/h1-4,9,11H,5-6H2. The van der Waals surface area contributed by atoms with E-state index in [9.17, 15) is 0 Å². The Kier molecular flexibility index (Phi) is 2.47. The van der Waals surface area contributed by atoms with Gasteiger partial charge >= 0.3 is 0 Å². The molecule has 1 saturated heterocycles. The van der Waals surface area contributed by atoms with E-state index < -0.39 is 0 Å². The van der Waals surface area contributed by atoms with E-state index in [-0.39, 0.29) is 0 Å². The minimum Gasteiger partial charge on any atom is -0.381 e. The highest BCUT2D eigenvalue weighted by molar-refractivity contribution is 8.00. The number of anilines is 1. The molecule has 1 aromatic carbocycles. The normalized spacial score (nSPS) is 17.1. The molecular weight excluding hydrogens is 190 g/mol. The fourth-order valence-electron chi connectivity index (χ4n) is 1.13. The van der Waals surface area contributed by atoms with E-state index in [1.165, 1.54) is 11.5 Å². The summed E-state index contributed by atoms with van der Waals surface area (Å²) in [6, 6.07) is 8.52. The molecule has 1 nitrogen and oxygen atoms in total. The van der Waals surface area contributed by atoms with Crippen molar-refractivity contribution in [2.45, 2.75) is 6.04 Å². The molecule has 1 aliphatic rings. The zero-order chi connectivity index (χ0) is 8.39. The van der Waals surface area contributed by atoms with Crippen molar-refractivity contribution < 1.29 is 0 Å². The molecule has 0 bridgehead atoms. The van der Waals surface area contributed by atoms with Gasteiger partial charge in [-0.25, -0.2) is 0 Å². The maximum atomic E-state index is 5.84. The van der Waals surface area contributed by atoms with Gasteiger partial charge in [0.25, 0.3) is 0 Å². The van der Waals surface area contributed by atoms with Gasteiger partial charge in [-0.3, -0.25) is 0 Å². The number of halogens is 1. The average Bonchev–Trinajstić information content (AvgIpc) is 1.97. The first-order chi connectivity index (χ1) is 5.84. The van der Waals surface area contributed by atoms with Gasteiger partial charge in [-0.1, -0.05) is 17.7 Å². The second kappa shape index (κ2) is 3.58. The second-order valence-corrected chi connectivity index (χ2v) is 4.40. The van der Waals surface area contributed by atoms with Crippen LogP contribution < -0.4 is 5.32 Å². The van der Waals surface area contributed by atoms with Crippen LogP contribution in [0.1, 0.15) is 0 Å². The molecule has 2 rings (SSSR count). The molecule has 0 aromatic heterocycles. The van der Waals surface area contributed by atoms with E-state index in [0.29, 0.717) is 6.04 Å². The zero-order valence-electron chi connectivity index (χ0n) is 6.59. The fourth-order valence-corrected chi connectivity index (χ4v) is 1.96. The van der Waals surface area contributed by atoms with Gasteiger partial charge in [0.1, 0.15) is 0 Å². The molecule has 1 aliphatic heterocycles. The molecule has 0 atom stereocenters. The first-order valence-corrected chi connectivity index (χ1v) is 5.48. The molecule has 0 aliphatic carbocycles. The van der Waals surface area contributed by atoms with Crippen molar-refractivity contribution in [2.24, 2.45) is 0 Å². The van der Waals surface area contributed by atoms with Gasteiger partial charge in [0, 0.05) is 28.3 Å². The van der Waals surface area contributed by atoms with Gasteiger partial charge in [-0.2, -0.15) is 11.8 Å². The van der Waals surface area contributed by atoms with E-state index in [1.54, 1.807) is 0 Å². The SMILES string of the molecule is Clc1cccc(NC2CSC2)c1. The summed E-state index contributed by atoms with van der Waals surface area (Å²) in [6.45, 7) is 0. The molecule has 0 unspecified atom stereocenters. The van der Waals surface area contributed by atoms with Crippen molar-refractivity contribution in [1.82, 2.24) is 0 Å². The highest BCUT2D eigenvalue weighted by Gasteiger charge is 2.17. The van der Waals surface area contributed by atoms with E-state index in [2.05, 4.69) is 11.4 Å². The van der Waals surface area contributed by atoms with Gasteiger partial charge in [0.15, 0.2) is 0 Å². The first-order valence-electron chi connectivity index (χ1n) is 3.94. The van der Waals surface area contributed by atoms with Gasteiger partial charge in [0.2, 0.25) is 0 Å².